The topological polar surface area (TPSA) is 54.3 Å². The number of urea groups is 1. The number of hydrogen-bond donors (Lipinski definition) is 2. The van der Waals surface area contributed by atoms with Gasteiger partial charge in [0.05, 0.1) is 0 Å². The van der Waals surface area contributed by atoms with Gasteiger partial charge in [0.25, 0.3) is 0 Å². The summed E-state index contributed by atoms with van der Waals surface area (Å²) in [5.74, 6) is 1.74. The monoisotopic (exact) mass is 180 g/mol. The molecule has 1 aromatic rings. The highest BCUT2D eigenvalue weighted by Crippen LogP contribution is 2.21. The fourth-order valence-corrected chi connectivity index (χ4v) is 1.40. The molecule has 1 fully saturated rings. The third kappa shape index (κ3) is 1.39. The molecule has 4 nitrogen and oxygen atoms in total. The van der Waals surface area contributed by atoms with Gasteiger partial charge < -0.3 is 15.1 Å². The van der Waals surface area contributed by atoms with Gasteiger partial charge in [0, 0.05) is 6.54 Å². The molecule has 2 rings (SSSR count). The van der Waals surface area contributed by atoms with Gasteiger partial charge in [0.15, 0.2) is 0 Å². The fraction of sp³-hybridized carbons (Fsp3) is 0.444. The van der Waals surface area contributed by atoms with Gasteiger partial charge in [-0.05, 0) is 25.5 Å². The van der Waals surface area contributed by atoms with Gasteiger partial charge in [-0.1, -0.05) is 0 Å². The predicted molar refractivity (Wildman–Crippen MR) is 47.5 cm³/mol. The zero-order chi connectivity index (χ0) is 9.42. The number of furan rings is 1. The lowest BCUT2D eigenvalue weighted by Crippen LogP contribution is -2.21. The molecule has 0 saturated carbocycles. The minimum Gasteiger partial charge on any atom is -0.464 e. The molecule has 1 saturated heterocycles. The number of carbonyl (C=O) groups is 1. The maximum atomic E-state index is 10.9. The maximum Gasteiger partial charge on any atom is 0.315 e. The molecule has 2 N–H and O–H groups in total. The van der Waals surface area contributed by atoms with Crippen molar-refractivity contribution < 1.29 is 9.21 Å². The minimum atomic E-state index is -0.128. The van der Waals surface area contributed by atoms with E-state index in [0.717, 1.165) is 17.1 Å². The van der Waals surface area contributed by atoms with E-state index in [1.54, 1.807) is 0 Å². The van der Waals surface area contributed by atoms with Crippen molar-refractivity contribution in [2.45, 2.75) is 19.9 Å². The second-order valence-corrected chi connectivity index (χ2v) is 3.29. The molecule has 1 aliphatic heterocycles. The molecule has 4 heteroatoms. The molecule has 1 atom stereocenters. The lowest BCUT2D eigenvalue weighted by atomic mass is 10.2. The first-order valence-corrected chi connectivity index (χ1v) is 4.28. The Labute approximate surface area is 76.3 Å². The van der Waals surface area contributed by atoms with E-state index >= 15 is 0 Å². The standard InChI is InChI=1S/C9H12N2O2/c1-5-3-8(13-6(5)2)7-4-10-9(12)11-7/h3,7H,4H2,1-2H3,(H2,10,11,12)/t7-/m1/s1. The van der Waals surface area contributed by atoms with Crippen molar-refractivity contribution in [2.75, 3.05) is 6.54 Å². The molecule has 0 aliphatic carbocycles. The van der Waals surface area contributed by atoms with Crippen LogP contribution in [0.4, 0.5) is 4.79 Å². The summed E-state index contributed by atoms with van der Waals surface area (Å²) >= 11 is 0. The normalized spacial score (nSPS) is 21.4. The van der Waals surface area contributed by atoms with Crippen molar-refractivity contribution in [2.24, 2.45) is 0 Å². The third-order valence-electron chi connectivity index (χ3n) is 2.30. The molecule has 0 bridgehead atoms. The highest BCUT2D eigenvalue weighted by atomic mass is 16.3. The van der Waals surface area contributed by atoms with Crippen LogP contribution in [0.3, 0.4) is 0 Å². The lowest BCUT2D eigenvalue weighted by Gasteiger charge is -2.02. The number of nitrogens with one attached hydrogen (secondary N) is 2. The summed E-state index contributed by atoms with van der Waals surface area (Å²) in [6.45, 7) is 4.51. The summed E-state index contributed by atoms with van der Waals surface area (Å²) in [4.78, 5) is 10.9. The van der Waals surface area contributed by atoms with Crippen LogP contribution in [0.25, 0.3) is 0 Å². The van der Waals surface area contributed by atoms with E-state index in [9.17, 15) is 4.79 Å². The first-order valence-electron chi connectivity index (χ1n) is 4.28. The van der Waals surface area contributed by atoms with Gasteiger partial charge in [0.1, 0.15) is 17.6 Å². The lowest BCUT2D eigenvalue weighted by molar-refractivity contribution is 0.247. The Morgan fingerprint density at radius 3 is 2.77 bits per heavy atom. The molecule has 0 aromatic carbocycles. The van der Waals surface area contributed by atoms with E-state index in [1.807, 2.05) is 19.9 Å². The third-order valence-corrected chi connectivity index (χ3v) is 2.30. The Morgan fingerprint density at radius 1 is 1.54 bits per heavy atom. The first-order chi connectivity index (χ1) is 6.16. The zero-order valence-corrected chi connectivity index (χ0v) is 7.68. The summed E-state index contributed by atoms with van der Waals surface area (Å²) in [7, 11) is 0. The summed E-state index contributed by atoms with van der Waals surface area (Å²) in [6, 6.07) is 1.82. The van der Waals surface area contributed by atoms with Crippen LogP contribution in [-0.4, -0.2) is 12.6 Å². The second-order valence-electron chi connectivity index (χ2n) is 3.29. The molecule has 0 spiro atoms. The number of rotatable bonds is 1. The number of carbonyl (C=O) groups excluding carboxylic acids is 1. The van der Waals surface area contributed by atoms with Gasteiger partial charge >= 0.3 is 6.03 Å². The number of aryl methyl sites for hydroxylation is 2. The molecule has 2 amide bonds. The largest absolute Gasteiger partial charge is 0.464 e. The van der Waals surface area contributed by atoms with Crippen LogP contribution in [0.5, 0.6) is 0 Å². The molecule has 13 heavy (non-hydrogen) atoms. The smallest absolute Gasteiger partial charge is 0.315 e. The summed E-state index contributed by atoms with van der Waals surface area (Å²) in [5.41, 5.74) is 1.12. The molecule has 0 unspecified atom stereocenters. The van der Waals surface area contributed by atoms with Gasteiger partial charge in [-0.25, -0.2) is 4.79 Å². The summed E-state index contributed by atoms with van der Waals surface area (Å²) in [5, 5.41) is 5.45. The molecule has 70 valence electrons. The average molecular weight is 180 g/mol. The Balaban J connectivity index is 2.21. The first kappa shape index (κ1) is 8.16. The van der Waals surface area contributed by atoms with Crippen molar-refractivity contribution in [1.82, 2.24) is 10.6 Å². The van der Waals surface area contributed by atoms with Gasteiger partial charge in [0.2, 0.25) is 0 Å². The van der Waals surface area contributed by atoms with Crippen LogP contribution in [0.1, 0.15) is 23.1 Å². The molecule has 1 aliphatic rings. The van der Waals surface area contributed by atoms with Crippen molar-refractivity contribution in [3.8, 4) is 0 Å². The van der Waals surface area contributed by atoms with Crippen LogP contribution in [0.15, 0.2) is 10.5 Å². The van der Waals surface area contributed by atoms with E-state index in [2.05, 4.69) is 10.6 Å². The summed E-state index contributed by atoms with van der Waals surface area (Å²) in [6.07, 6.45) is 0. The predicted octanol–water partition coefficient (Wildman–Crippen LogP) is 1.25. The van der Waals surface area contributed by atoms with Crippen LogP contribution < -0.4 is 10.6 Å². The van der Waals surface area contributed by atoms with Crippen molar-refractivity contribution >= 4 is 6.03 Å². The van der Waals surface area contributed by atoms with Crippen molar-refractivity contribution in [3.63, 3.8) is 0 Å². The van der Waals surface area contributed by atoms with E-state index in [-0.39, 0.29) is 12.1 Å². The fourth-order valence-electron chi connectivity index (χ4n) is 1.40. The highest BCUT2D eigenvalue weighted by molar-refractivity contribution is 5.76. The van der Waals surface area contributed by atoms with Crippen LogP contribution in [0, 0.1) is 13.8 Å². The average Bonchev–Trinajstić information content (AvgIpc) is 2.61. The van der Waals surface area contributed by atoms with Crippen molar-refractivity contribution in [3.05, 3.63) is 23.2 Å². The van der Waals surface area contributed by atoms with E-state index in [0.29, 0.717) is 6.54 Å². The zero-order valence-electron chi connectivity index (χ0n) is 7.68. The second kappa shape index (κ2) is 2.80. The molecule has 2 heterocycles. The van der Waals surface area contributed by atoms with Crippen LogP contribution in [-0.2, 0) is 0 Å². The van der Waals surface area contributed by atoms with Gasteiger partial charge in [-0.3, -0.25) is 0 Å². The van der Waals surface area contributed by atoms with Gasteiger partial charge in [-0.15, -0.1) is 0 Å². The molecular formula is C9H12N2O2. The Hall–Kier alpha value is -1.45. The summed E-state index contributed by atoms with van der Waals surface area (Å²) < 4.78 is 5.49. The molecule has 0 radical (unpaired) electrons. The van der Waals surface area contributed by atoms with Crippen molar-refractivity contribution in [1.29, 1.82) is 0 Å². The SMILES string of the molecule is Cc1cc([C@H]2CNC(=O)N2)oc1C. The Kier molecular flexibility index (Phi) is 1.76. The van der Waals surface area contributed by atoms with Crippen LogP contribution >= 0.6 is 0 Å². The molecule has 1 aromatic heterocycles. The van der Waals surface area contributed by atoms with E-state index in [1.165, 1.54) is 0 Å². The van der Waals surface area contributed by atoms with Gasteiger partial charge in [-0.2, -0.15) is 0 Å². The molecular weight excluding hydrogens is 168 g/mol. The number of amides is 2. The quantitative estimate of drug-likeness (QED) is 0.683. The maximum absolute atomic E-state index is 10.9. The van der Waals surface area contributed by atoms with Crippen LogP contribution in [0.2, 0.25) is 0 Å². The Bertz CT molecular complexity index is 324. The Morgan fingerprint density at radius 2 is 2.31 bits per heavy atom. The van der Waals surface area contributed by atoms with E-state index in [4.69, 9.17) is 4.42 Å². The highest BCUT2D eigenvalue weighted by Gasteiger charge is 2.24. The van der Waals surface area contributed by atoms with E-state index < -0.39 is 0 Å². The number of hydrogen-bond acceptors (Lipinski definition) is 2. The minimum absolute atomic E-state index is 0.0140.